The maximum atomic E-state index is 12.9. The van der Waals surface area contributed by atoms with Crippen LogP contribution in [0.25, 0.3) is 0 Å². The first kappa shape index (κ1) is 13.3. The molecule has 0 spiro atoms. The van der Waals surface area contributed by atoms with E-state index >= 15 is 0 Å². The Labute approximate surface area is 110 Å². The minimum Gasteiger partial charge on any atom is -0.467 e. The first-order valence-corrected chi connectivity index (χ1v) is 6.05. The molecule has 0 saturated carbocycles. The van der Waals surface area contributed by atoms with Gasteiger partial charge in [0.15, 0.2) is 5.83 Å². The summed E-state index contributed by atoms with van der Waals surface area (Å²) < 4.78 is 18.0. The lowest BCUT2D eigenvalue weighted by Crippen LogP contribution is -2.45. The van der Waals surface area contributed by atoms with Gasteiger partial charge in [-0.1, -0.05) is 6.58 Å². The largest absolute Gasteiger partial charge is 0.467 e. The van der Waals surface area contributed by atoms with Crippen LogP contribution in [0.2, 0.25) is 0 Å². The van der Waals surface area contributed by atoms with Crippen LogP contribution in [0.1, 0.15) is 18.6 Å². The van der Waals surface area contributed by atoms with Crippen molar-refractivity contribution in [3.05, 3.63) is 36.6 Å². The van der Waals surface area contributed by atoms with Crippen molar-refractivity contribution >= 4 is 11.8 Å². The molecule has 6 heteroatoms. The fraction of sp³-hybridized carbons (Fsp3) is 0.385. The summed E-state index contributed by atoms with van der Waals surface area (Å²) in [6.07, 6.45) is 2.72. The first-order chi connectivity index (χ1) is 9.09. The second-order valence-corrected chi connectivity index (χ2v) is 4.36. The Morgan fingerprint density at radius 1 is 1.58 bits per heavy atom. The highest BCUT2D eigenvalue weighted by Gasteiger charge is 2.34. The maximum Gasteiger partial charge on any atom is 0.282 e. The molecule has 0 radical (unpaired) electrons. The van der Waals surface area contributed by atoms with E-state index in [1.54, 1.807) is 12.1 Å². The Kier molecular flexibility index (Phi) is 3.99. The molecule has 19 heavy (non-hydrogen) atoms. The van der Waals surface area contributed by atoms with Gasteiger partial charge in [-0.2, -0.15) is 0 Å². The predicted octanol–water partition coefficient (Wildman–Crippen LogP) is 1.37. The number of nitrogens with zero attached hydrogens (tertiary/aromatic N) is 1. The van der Waals surface area contributed by atoms with E-state index in [9.17, 15) is 14.0 Å². The van der Waals surface area contributed by atoms with Gasteiger partial charge in [0, 0.05) is 6.54 Å². The average Bonchev–Trinajstić information content (AvgIpc) is 3.05. The Morgan fingerprint density at radius 2 is 2.37 bits per heavy atom. The van der Waals surface area contributed by atoms with E-state index in [4.69, 9.17) is 4.42 Å². The third kappa shape index (κ3) is 3.01. The van der Waals surface area contributed by atoms with Gasteiger partial charge >= 0.3 is 0 Å². The van der Waals surface area contributed by atoms with Crippen LogP contribution in [0.4, 0.5) is 4.39 Å². The minimum atomic E-state index is -1.04. The van der Waals surface area contributed by atoms with Gasteiger partial charge in [0.25, 0.3) is 5.91 Å². The van der Waals surface area contributed by atoms with Crippen molar-refractivity contribution in [2.24, 2.45) is 0 Å². The van der Waals surface area contributed by atoms with Crippen molar-refractivity contribution in [1.29, 1.82) is 0 Å². The molecule has 1 aliphatic rings. The van der Waals surface area contributed by atoms with Gasteiger partial charge in [0.05, 0.1) is 12.8 Å². The SMILES string of the molecule is C=C(F)C(=O)N1CCCC1C(=O)NCc1ccco1. The first-order valence-electron chi connectivity index (χ1n) is 6.05. The summed E-state index contributed by atoms with van der Waals surface area (Å²) in [7, 11) is 0. The predicted molar refractivity (Wildman–Crippen MR) is 65.5 cm³/mol. The summed E-state index contributed by atoms with van der Waals surface area (Å²) in [6.45, 7) is 3.60. The zero-order chi connectivity index (χ0) is 13.8. The number of rotatable bonds is 4. The minimum absolute atomic E-state index is 0.251. The highest BCUT2D eigenvalue weighted by Crippen LogP contribution is 2.19. The monoisotopic (exact) mass is 266 g/mol. The van der Waals surface area contributed by atoms with E-state index in [-0.39, 0.29) is 12.5 Å². The van der Waals surface area contributed by atoms with Crippen molar-refractivity contribution in [2.75, 3.05) is 6.54 Å². The van der Waals surface area contributed by atoms with Gasteiger partial charge in [0.2, 0.25) is 5.91 Å². The Balaban J connectivity index is 1.94. The normalized spacial score (nSPS) is 18.4. The Hall–Kier alpha value is -2.11. The van der Waals surface area contributed by atoms with Crippen molar-refractivity contribution in [1.82, 2.24) is 10.2 Å². The van der Waals surface area contributed by atoms with Crippen molar-refractivity contribution < 1.29 is 18.4 Å². The van der Waals surface area contributed by atoms with E-state index in [0.717, 1.165) is 0 Å². The van der Waals surface area contributed by atoms with Gasteiger partial charge in [-0.3, -0.25) is 9.59 Å². The number of carbonyl (C=O) groups is 2. The summed E-state index contributed by atoms with van der Waals surface area (Å²) in [5.74, 6) is -1.52. The van der Waals surface area contributed by atoms with Crippen LogP contribution in [0.5, 0.6) is 0 Å². The molecule has 0 aromatic carbocycles. The van der Waals surface area contributed by atoms with E-state index in [1.807, 2.05) is 0 Å². The second-order valence-electron chi connectivity index (χ2n) is 4.36. The summed E-state index contributed by atoms with van der Waals surface area (Å²) in [4.78, 5) is 24.7. The van der Waals surface area contributed by atoms with Crippen LogP contribution < -0.4 is 5.32 Å². The van der Waals surface area contributed by atoms with Crippen LogP contribution in [0.15, 0.2) is 35.2 Å². The van der Waals surface area contributed by atoms with Gasteiger partial charge in [0.1, 0.15) is 11.8 Å². The summed E-state index contributed by atoms with van der Waals surface area (Å²) >= 11 is 0. The van der Waals surface area contributed by atoms with E-state index in [2.05, 4.69) is 11.9 Å². The standard InChI is InChI=1S/C13H15FN2O3/c1-9(14)13(18)16-6-2-5-11(16)12(17)15-8-10-4-3-7-19-10/h3-4,7,11H,1-2,5-6,8H2,(H,15,17). The fourth-order valence-corrected chi connectivity index (χ4v) is 2.14. The molecule has 102 valence electrons. The molecule has 1 aliphatic heterocycles. The third-order valence-corrected chi connectivity index (χ3v) is 3.07. The van der Waals surface area contributed by atoms with Crippen LogP contribution in [-0.4, -0.2) is 29.3 Å². The molecule has 2 heterocycles. The molecule has 1 atom stereocenters. The lowest BCUT2D eigenvalue weighted by Gasteiger charge is -2.22. The summed E-state index contributed by atoms with van der Waals surface area (Å²) in [5, 5.41) is 2.67. The number of carbonyl (C=O) groups excluding carboxylic acids is 2. The number of hydrogen-bond donors (Lipinski definition) is 1. The molecule has 1 aromatic heterocycles. The Bertz CT molecular complexity index is 484. The molecule has 1 unspecified atom stereocenters. The molecule has 2 rings (SSSR count). The molecule has 1 saturated heterocycles. The number of nitrogens with one attached hydrogen (secondary N) is 1. The molecule has 2 amide bonds. The lowest BCUT2D eigenvalue weighted by atomic mass is 10.2. The molecular weight excluding hydrogens is 251 g/mol. The fourth-order valence-electron chi connectivity index (χ4n) is 2.14. The number of hydrogen-bond acceptors (Lipinski definition) is 3. The van der Waals surface area contributed by atoms with Gasteiger partial charge < -0.3 is 14.6 Å². The van der Waals surface area contributed by atoms with Gasteiger partial charge in [-0.25, -0.2) is 4.39 Å². The number of likely N-dealkylation sites (tertiary alicyclic amines) is 1. The zero-order valence-corrected chi connectivity index (χ0v) is 10.4. The van der Waals surface area contributed by atoms with Crippen LogP contribution in [-0.2, 0) is 16.1 Å². The average molecular weight is 266 g/mol. The van der Waals surface area contributed by atoms with Crippen LogP contribution in [0, 0.1) is 0 Å². The number of furan rings is 1. The molecule has 0 aliphatic carbocycles. The molecule has 1 N–H and O–H groups in total. The van der Waals surface area contributed by atoms with Crippen molar-refractivity contribution in [3.8, 4) is 0 Å². The van der Waals surface area contributed by atoms with Crippen LogP contribution >= 0.6 is 0 Å². The summed E-state index contributed by atoms with van der Waals surface area (Å²) in [5.41, 5.74) is 0. The Morgan fingerprint density at radius 3 is 3.00 bits per heavy atom. The highest BCUT2D eigenvalue weighted by atomic mass is 19.1. The van der Waals surface area contributed by atoms with E-state index in [0.29, 0.717) is 25.1 Å². The van der Waals surface area contributed by atoms with Crippen LogP contribution in [0.3, 0.4) is 0 Å². The molecule has 1 fully saturated rings. The maximum absolute atomic E-state index is 12.9. The third-order valence-electron chi connectivity index (χ3n) is 3.07. The molecule has 5 nitrogen and oxygen atoms in total. The van der Waals surface area contributed by atoms with Crippen molar-refractivity contribution in [3.63, 3.8) is 0 Å². The smallest absolute Gasteiger partial charge is 0.282 e. The van der Waals surface area contributed by atoms with Gasteiger partial charge in [-0.15, -0.1) is 0 Å². The van der Waals surface area contributed by atoms with Crippen molar-refractivity contribution in [2.45, 2.75) is 25.4 Å². The lowest BCUT2D eigenvalue weighted by molar-refractivity contribution is -0.136. The van der Waals surface area contributed by atoms with E-state index < -0.39 is 17.8 Å². The van der Waals surface area contributed by atoms with E-state index in [1.165, 1.54) is 11.2 Å². The second kappa shape index (κ2) is 5.69. The number of halogens is 1. The number of amides is 2. The zero-order valence-electron chi connectivity index (χ0n) is 10.4. The van der Waals surface area contributed by atoms with Gasteiger partial charge in [-0.05, 0) is 25.0 Å². The quantitative estimate of drug-likeness (QED) is 0.837. The topological polar surface area (TPSA) is 62.6 Å². The molecular formula is C13H15FN2O3. The molecule has 0 bridgehead atoms. The molecule has 1 aromatic rings. The highest BCUT2D eigenvalue weighted by molar-refractivity contribution is 5.95. The summed E-state index contributed by atoms with van der Waals surface area (Å²) in [6, 6.07) is 2.83.